The van der Waals surface area contributed by atoms with Crippen LogP contribution in [0.2, 0.25) is 0 Å². The average molecular weight is 136 g/mol. The number of halogens is 1. The molecule has 0 aliphatic carbocycles. The van der Waals surface area contributed by atoms with Crippen molar-refractivity contribution in [3.63, 3.8) is 0 Å². The Balaban J connectivity index is 3.16. The molecule has 0 fully saturated rings. The van der Waals surface area contributed by atoms with E-state index >= 15 is 0 Å². The molecule has 0 N–H and O–H groups in total. The van der Waals surface area contributed by atoms with Crippen LogP contribution in [-0.4, -0.2) is 5.38 Å². The minimum absolute atomic E-state index is 0.0201. The zero-order chi connectivity index (χ0) is 5.70. The molecule has 2 heteroatoms. The minimum atomic E-state index is -0.0201. The molecule has 0 aromatic heterocycles. The maximum Gasteiger partial charge on any atom is 0.0643 e. The molecule has 0 aliphatic rings. The van der Waals surface area contributed by atoms with Crippen LogP contribution in [0.1, 0.15) is 6.92 Å². The molecule has 0 saturated heterocycles. The molecule has 0 heterocycles. The van der Waals surface area contributed by atoms with Gasteiger partial charge in [0.1, 0.15) is 0 Å². The first-order valence-corrected chi connectivity index (χ1v) is 3.01. The second-order valence-corrected chi connectivity index (χ2v) is 1.92. The van der Waals surface area contributed by atoms with Crippen LogP contribution in [0, 0.1) is 5.75 Å². The molecule has 0 nitrogen and oxygen atoms in total. The van der Waals surface area contributed by atoms with Gasteiger partial charge in [-0.15, -0.1) is 11.6 Å². The summed E-state index contributed by atoms with van der Waals surface area (Å²) >= 11 is 9.39. The van der Waals surface area contributed by atoms with Gasteiger partial charge in [0.25, 0.3) is 0 Å². The van der Waals surface area contributed by atoms with Gasteiger partial charge in [0.05, 0.1) is 5.38 Å². The van der Waals surface area contributed by atoms with Crippen LogP contribution in [0.15, 0.2) is 12.2 Å². The van der Waals surface area contributed by atoms with Crippen LogP contribution in [-0.2, 0) is 0 Å². The lowest BCUT2D eigenvalue weighted by atomic mass is 10.4. The van der Waals surface area contributed by atoms with Crippen molar-refractivity contribution >= 4 is 24.2 Å². The zero-order valence-corrected chi connectivity index (χ0v) is 5.78. The number of allylic oxidation sites excluding steroid dienone is 2. The van der Waals surface area contributed by atoms with E-state index in [0.717, 1.165) is 0 Å². The van der Waals surface area contributed by atoms with Gasteiger partial charge < -0.3 is 0 Å². The van der Waals surface area contributed by atoms with Gasteiger partial charge in [-0.1, -0.05) is 12.2 Å². The highest BCUT2D eigenvalue weighted by Gasteiger charge is 1.90. The molecule has 0 aromatic carbocycles. The van der Waals surface area contributed by atoms with E-state index in [1.807, 2.05) is 19.1 Å². The Bertz CT molecular complexity index is 61.1. The third kappa shape index (κ3) is 4.23. The first-order valence-electron chi connectivity index (χ1n) is 2.05. The van der Waals surface area contributed by atoms with E-state index < -0.39 is 0 Å². The number of thiol groups is 1. The van der Waals surface area contributed by atoms with Crippen molar-refractivity contribution in [2.24, 2.45) is 0 Å². The summed E-state index contributed by atoms with van der Waals surface area (Å²) in [5.41, 5.74) is 0. The first-order chi connectivity index (χ1) is 3.31. The predicted molar refractivity (Wildman–Crippen MR) is 37.7 cm³/mol. The zero-order valence-electron chi connectivity index (χ0n) is 4.13. The Kier molecular flexibility index (Phi) is 4.78. The Morgan fingerprint density at radius 1 is 1.71 bits per heavy atom. The average Bonchev–Trinajstić information content (AvgIpc) is 1.68. The Morgan fingerprint density at radius 3 is 2.43 bits per heavy atom. The van der Waals surface area contributed by atoms with E-state index in [0.29, 0.717) is 0 Å². The van der Waals surface area contributed by atoms with Gasteiger partial charge in [0.15, 0.2) is 0 Å². The summed E-state index contributed by atoms with van der Waals surface area (Å²) in [6.07, 6.45) is 3.75. The lowest BCUT2D eigenvalue weighted by Gasteiger charge is -1.91. The van der Waals surface area contributed by atoms with Crippen LogP contribution in [0.4, 0.5) is 0 Å². The molecule has 0 spiro atoms. The maximum absolute atomic E-state index is 5.55. The predicted octanol–water partition coefficient (Wildman–Crippen LogP) is 2.26. The molecule has 41 valence electrons. The fourth-order valence-electron chi connectivity index (χ4n) is 0.234. The highest BCUT2D eigenvalue weighted by molar-refractivity contribution is 7.82. The van der Waals surface area contributed by atoms with Crippen LogP contribution in [0.5, 0.6) is 0 Å². The molecular formula is C5H8ClS. The first kappa shape index (κ1) is 7.38. The maximum atomic E-state index is 5.55. The third-order valence-electron chi connectivity index (χ3n) is 0.519. The van der Waals surface area contributed by atoms with E-state index in [1.165, 1.54) is 0 Å². The Morgan fingerprint density at radius 2 is 2.29 bits per heavy atom. The van der Waals surface area contributed by atoms with Crippen molar-refractivity contribution in [1.82, 2.24) is 0 Å². The van der Waals surface area contributed by atoms with E-state index in [4.69, 9.17) is 11.6 Å². The summed E-state index contributed by atoms with van der Waals surface area (Å²) in [5, 5.41) is -0.0201. The fourth-order valence-corrected chi connectivity index (χ4v) is 0.478. The van der Waals surface area contributed by atoms with Gasteiger partial charge in [0, 0.05) is 5.75 Å². The fraction of sp³-hybridized carbons (Fsp3) is 0.400. The van der Waals surface area contributed by atoms with Crippen LogP contribution < -0.4 is 0 Å². The topological polar surface area (TPSA) is 0 Å². The quantitative estimate of drug-likeness (QED) is 0.335. The lowest BCUT2D eigenvalue weighted by molar-refractivity contribution is 1.36. The largest absolute Gasteiger partial charge is 0.173 e. The summed E-state index contributed by atoms with van der Waals surface area (Å²) < 4.78 is 0. The van der Waals surface area contributed by atoms with Gasteiger partial charge in [-0.2, -0.15) is 12.6 Å². The van der Waals surface area contributed by atoms with Gasteiger partial charge in [-0.05, 0) is 6.92 Å². The molecule has 7 heavy (non-hydrogen) atoms. The van der Waals surface area contributed by atoms with Gasteiger partial charge in [-0.25, -0.2) is 0 Å². The van der Waals surface area contributed by atoms with Crippen LogP contribution >= 0.6 is 24.2 Å². The number of hydrogen-bond acceptors (Lipinski definition) is 1. The highest BCUT2D eigenvalue weighted by atomic mass is 35.5. The minimum Gasteiger partial charge on any atom is -0.173 e. The molecule has 0 aliphatic heterocycles. The molecule has 0 saturated carbocycles. The smallest absolute Gasteiger partial charge is 0.0643 e. The van der Waals surface area contributed by atoms with Crippen molar-refractivity contribution in [1.29, 1.82) is 0 Å². The van der Waals surface area contributed by atoms with E-state index in [-0.39, 0.29) is 5.38 Å². The van der Waals surface area contributed by atoms with Crippen molar-refractivity contribution in [2.45, 2.75) is 12.3 Å². The highest BCUT2D eigenvalue weighted by Crippen LogP contribution is 2.03. The molecule has 0 rings (SSSR count). The standard InChI is InChI=1S/C5H8ClS/c1-2-3-5(6)4-7/h2-5,7H,1H3/b3-2+. The second-order valence-electron chi connectivity index (χ2n) is 1.12. The Hall–Kier alpha value is 0.380. The molecular weight excluding hydrogens is 128 g/mol. The normalized spacial score (nSPS) is 15.3. The molecule has 0 aromatic rings. The van der Waals surface area contributed by atoms with Gasteiger partial charge >= 0.3 is 0 Å². The van der Waals surface area contributed by atoms with E-state index in [1.54, 1.807) is 5.75 Å². The molecule has 0 amide bonds. The number of rotatable bonds is 2. The molecule has 1 unspecified atom stereocenters. The number of alkyl halides is 1. The number of hydrogen-bond donors (Lipinski definition) is 1. The summed E-state index contributed by atoms with van der Waals surface area (Å²) in [4.78, 5) is 0. The van der Waals surface area contributed by atoms with Gasteiger partial charge in [0.2, 0.25) is 0 Å². The Labute approximate surface area is 55.0 Å². The van der Waals surface area contributed by atoms with Crippen LogP contribution in [0.3, 0.4) is 0 Å². The molecule has 0 bridgehead atoms. The third-order valence-corrected chi connectivity index (χ3v) is 1.29. The van der Waals surface area contributed by atoms with E-state index in [2.05, 4.69) is 12.6 Å². The summed E-state index contributed by atoms with van der Waals surface area (Å²) in [6, 6.07) is 0. The lowest BCUT2D eigenvalue weighted by Crippen LogP contribution is -1.85. The van der Waals surface area contributed by atoms with Crippen molar-refractivity contribution in [3.05, 3.63) is 17.9 Å². The van der Waals surface area contributed by atoms with Crippen molar-refractivity contribution in [2.75, 3.05) is 0 Å². The SMILES string of the molecule is C/C=C/C(Cl)[CH]S. The molecule has 1 radical (unpaired) electrons. The second kappa shape index (κ2) is 4.54. The summed E-state index contributed by atoms with van der Waals surface area (Å²) in [6.45, 7) is 1.92. The van der Waals surface area contributed by atoms with Gasteiger partial charge in [-0.3, -0.25) is 0 Å². The van der Waals surface area contributed by atoms with Crippen molar-refractivity contribution in [3.8, 4) is 0 Å². The van der Waals surface area contributed by atoms with E-state index in [9.17, 15) is 0 Å². The molecule has 1 atom stereocenters. The van der Waals surface area contributed by atoms with Crippen molar-refractivity contribution < 1.29 is 0 Å². The monoisotopic (exact) mass is 135 g/mol. The summed E-state index contributed by atoms with van der Waals surface area (Å²) in [7, 11) is 0. The summed E-state index contributed by atoms with van der Waals surface area (Å²) in [5.74, 6) is 1.63. The van der Waals surface area contributed by atoms with Crippen LogP contribution in [0.25, 0.3) is 0 Å².